The number of hydrogen-bond donors (Lipinski definition) is 1. The highest BCUT2D eigenvalue weighted by molar-refractivity contribution is 6.11. The van der Waals surface area contributed by atoms with Crippen LogP contribution < -0.4 is 14.8 Å². The van der Waals surface area contributed by atoms with Crippen molar-refractivity contribution in [2.45, 2.75) is 13.8 Å². The Hall–Kier alpha value is -3.85. The molecule has 0 aliphatic heterocycles. The van der Waals surface area contributed by atoms with Crippen molar-refractivity contribution in [2.24, 2.45) is 0 Å². The minimum Gasteiger partial charge on any atom is -0.495 e. The molecule has 146 valence electrons. The van der Waals surface area contributed by atoms with Crippen molar-refractivity contribution in [1.82, 2.24) is 4.98 Å². The molecule has 2 aromatic carbocycles. The minimum absolute atomic E-state index is 0.222. The summed E-state index contributed by atoms with van der Waals surface area (Å²) in [6.07, 6.45) is 0. The number of aromatic nitrogens is 1. The summed E-state index contributed by atoms with van der Waals surface area (Å²) in [7, 11) is 1.54. The largest absolute Gasteiger partial charge is 0.495 e. The molecule has 29 heavy (non-hydrogen) atoms. The second kappa shape index (κ2) is 8.89. The Labute approximate surface area is 169 Å². The predicted molar refractivity (Wildman–Crippen MR) is 111 cm³/mol. The number of amides is 1. The highest BCUT2D eigenvalue weighted by Crippen LogP contribution is 2.35. The average molecular weight is 387 g/mol. The van der Waals surface area contributed by atoms with Gasteiger partial charge < -0.3 is 14.8 Å². The third-order valence-electron chi connectivity index (χ3n) is 4.38. The number of carbonyl (C=O) groups is 1. The maximum absolute atomic E-state index is 13.3. The van der Waals surface area contributed by atoms with Gasteiger partial charge in [-0.05, 0) is 31.5 Å². The van der Waals surface area contributed by atoms with Gasteiger partial charge in [0, 0.05) is 5.56 Å². The van der Waals surface area contributed by atoms with Crippen LogP contribution in [0.2, 0.25) is 0 Å². The maximum atomic E-state index is 13.3. The maximum Gasteiger partial charge on any atom is 0.258 e. The number of nitrogens with zero attached hydrogens (tertiary/aromatic N) is 2. The topological polar surface area (TPSA) is 84.2 Å². The van der Waals surface area contributed by atoms with Gasteiger partial charge in [-0.25, -0.2) is 4.98 Å². The van der Waals surface area contributed by atoms with E-state index in [1.807, 2.05) is 43.3 Å². The van der Waals surface area contributed by atoms with Crippen molar-refractivity contribution in [3.63, 3.8) is 0 Å². The van der Waals surface area contributed by atoms with E-state index in [0.29, 0.717) is 34.9 Å². The van der Waals surface area contributed by atoms with E-state index in [1.54, 1.807) is 25.1 Å². The van der Waals surface area contributed by atoms with Crippen LogP contribution in [0.25, 0.3) is 11.1 Å². The Balaban J connectivity index is 2.20. The summed E-state index contributed by atoms with van der Waals surface area (Å²) in [6, 6.07) is 18.6. The molecule has 1 heterocycles. The van der Waals surface area contributed by atoms with Gasteiger partial charge in [-0.3, -0.25) is 4.79 Å². The number of nitriles is 1. The fourth-order valence-corrected chi connectivity index (χ4v) is 3.13. The van der Waals surface area contributed by atoms with E-state index in [1.165, 1.54) is 7.11 Å². The number of pyridine rings is 1. The second-order valence-corrected chi connectivity index (χ2v) is 6.19. The molecule has 3 rings (SSSR count). The van der Waals surface area contributed by atoms with E-state index in [2.05, 4.69) is 16.4 Å². The summed E-state index contributed by atoms with van der Waals surface area (Å²) in [4.78, 5) is 17.7. The lowest BCUT2D eigenvalue weighted by Gasteiger charge is -2.17. The Morgan fingerprint density at radius 2 is 1.83 bits per heavy atom. The van der Waals surface area contributed by atoms with Crippen LogP contribution in [0.3, 0.4) is 0 Å². The quantitative estimate of drug-likeness (QED) is 0.669. The molecular weight excluding hydrogens is 366 g/mol. The fourth-order valence-electron chi connectivity index (χ4n) is 3.13. The number of ether oxygens (including phenoxy) is 2. The zero-order valence-electron chi connectivity index (χ0n) is 16.5. The molecule has 1 N–H and O–H groups in total. The molecule has 0 bridgehead atoms. The van der Waals surface area contributed by atoms with E-state index in [4.69, 9.17) is 9.47 Å². The molecule has 0 fully saturated rings. The second-order valence-electron chi connectivity index (χ2n) is 6.19. The van der Waals surface area contributed by atoms with Crippen molar-refractivity contribution in [3.05, 3.63) is 71.4 Å². The number of benzene rings is 2. The molecule has 0 atom stereocenters. The summed E-state index contributed by atoms with van der Waals surface area (Å²) in [6.45, 7) is 3.91. The number of aryl methyl sites for hydroxylation is 1. The first-order chi connectivity index (χ1) is 14.1. The van der Waals surface area contributed by atoms with Crippen LogP contribution in [0.1, 0.15) is 28.5 Å². The van der Waals surface area contributed by atoms with Crippen LogP contribution in [-0.4, -0.2) is 24.6 Å². The minimum atomic E-state index is -0.377. The van der Waals surface area contributed by atoms with Gasteiger partial charge in [0.2, 0.25) is 5.88 Å². The van der Waals surface area contributed by atoms with Crippen LogP contribution in [-0.2, 0) is 0 Å². The molecule has 3 aromatic rings. The normalized spacial score (nSPS) is 10.1. The van der Waals surface area contributed by atoms with E-state index in [9.17, 15) is 10.1 Å². The molecule has 1 aromatic heterocycles. The van der Waals surface area contributed by atoms with Gasteiger partial charge in [0.25, 0.3) is 5.91 Å². The summed E-state index contributed by atoms with van der Waals surface area (Å²) in [5.41, 5.74) is 2.79. The van der Waals surface area contributed by atoms with Crippen LogP contribution in [0, 0.1) is 18.3 Å². The predicted octanol–water partition coefficient (Wildman–Crippen LogP) is 4.59. The molecule has 0 saturated carbocycles. The Bertz CT molecular complexity index is 1070. The van der Waals surface area contributed by atoms with Crippen molar-refractivity contribution >= 4 is 11.6 Å². The number of methoxy groups -OCH3 is 1. The lowest BCUT2D eigenvalue weighted by Crippen LogP contribution is -2.18. The standard InChI is InChI=1S/C23H21N3O3/c1-4-29-23-17(14-24)21(16-10-6-5-7-11-16)20(15(2)25-23)22(27)26-18-12-8-9-13-19(18)28-3/h5-13H,4H2,1-3H3,(H,26,27). The summed E-state index contributed by atoms with van der Waals surface area (Å²) in [5.74, 6) is 0.386. The Morgan fingerprint density at radius 1 is 1.14 bits per heavy atom. The van der Waals surface area contributed by atoms with E-state index in [0.717, 1.165) is 5.56 Å². The lowest BCUT2D eigenvalue weighted by atomic mass is 9.94. The molecule has 0 radical (unpaired) electrons. The van der Waals surface area contributed by atoms with E-state index >= 15 is 0 Å². The fraction of sp³-hybridized carbons (Fsp3) is 0.174. The number of nitrogens with one attached hydrogen (secondary N) is 1. The molecule has 0 spiro atoms. The molecule has 0 saturated heterocycles. The monoisotopic (exact) mass is 387 g/mol. The highest BCUT2D eigenvalue weighted by atomic mass is 16.5. The Kier molecular flexibility index (Phi) is 6.10. The zero-order valence-corrected chi connectivity index (χ0v) is 16.5. The third-order valence-corrected chi connectivity index (χ3v) is 4.38. The van der Waals surface area contributed by atoms with Gasteiger partial charge in [0.05, 0.1) is 30.7 Å². The van der Waals surface area contributed by atoms with Crippen molar-refractivity contribution in [1.29, 1.82) is 5.26 Å². The van der Waals surface area contributed by atoms with Crippen molar-refractivity contribution in [2.75, 3.05) is 19.0 Å². The van der Waals surface area contributed by atoms with Gasteiger partial charge in [0.15, 0.2) is 0 Å². The molecule has 0 aliphatic rings. The first-order valence-corrected chi connectivity index (χ1v) is 9.18. The van der Waals surface area contributed by atoms with E-state index < -0.39 is 0 Å². The van der Waals surface area contributed by atoms with Crippen molar-refractivity contribution < 1.29 is 14.3 Å². The van der Waals surface area contributed by atoms with Crippen LogP contribution in [0.5, 0.6) is 11.6 Å². The van der Waals surface area contributed by atoms with Gasteiger partial charge >= 0.3 is 0 Å². The van der Waals surface area contributed by atoms with Gasteiger partial charge in [-0.2, -0.15) is 5.26 Å². The van der Waals surface area contributed by atoms with Crippen molar-refractivity contribution in [3.8, 4) is 28.8 Å². The smallest absolute Gasteiger partial charge is 0.258 e. The van der Waals surface area contributed by atoms with Gasteiger partial charge in [-0.15, -0.1) is 0 Å². The first kappa shape index (κ1) is 19.9. The van der Waals surface area contributed by atoms with Gasteiger partial charge in [0.1, 0.15) is 17.4 Å². The number of para-hydroxylation sites is 2. The number of hydrogen-bond acceptors (Lipinski definition) is 5. The van der Waals surface area contributed by atoms with Crippen LogP contribution >= 0.6 is 0 Å². The molecule has 0 unspecified atom stereocenters. The first-order valence-electron chi connectivity index (χ1n) is 9.18. The summed E-state index contributed by atoms with van der Waals surface area (Å²) >= 11 is 0. The molecule has 1 amide bonds. The van der Waals surface area contributed by atoms with E-state index in [-0.39, 0.29) is 17.4 Å². The van der Waals surface area contributed by atoms with Gasteiger partial charge in [-0.1, -0.05) is 42.5 Å². The third kappa shape index (κ3) is 4.04. The molecule has 6 heteroatoms. The molecule has 0 aliphatic carbocycles. The van der Waals surface area contributed by atoms with Crippen LogP contribution in [0.4, 0.5) is 5.69 Å². The molecular formula is C23H21N3O3. The van der Waals surface area contributed by atoms with Crippen LogP contribution in [0.15, 0.2) is 54.6 Å². The molecule has 6 nitrogen and oxygen atoms in total. The Morgan fingerprint density at radius 3 is 2.48 bits per heavy atom. The number of anilines is 1. The SMILES string of the molecule is CCOc1nc(C)c(C(=O)Nc2ccccc2OC)c(-c2ccccc2)c1C#N. The summed E-state index contributed by atoms with van der Waals surface area (Å²) < 4.78 is 10.9. The lowest BCUT2D eigenvalue weighted by molar-refractivity contribution is 0.102. The number of rotatable bonds is 6. The summed E-state index contributed by atoms with van der Waals surface area (Å²) in [5, 5.41) is 12.7. The highest BCUT2D eigenvalue weighted by Gasteiger charge is 2.25. The zero-order chi connectivity index (χ0) is 20.8. The number of carbonyl (C=O) groups excluding carboxylic acids is 1. The average Bonchev–Trinajstić information content (AvgIpc) is 2.74.